The number of rotatable bonds is 3. The van der Waals surface area contributed by atoms with Gasteiger partial charge < -0.3 is 4.90 Å². The largest absolute Gasteiger partial charge is 0.337 e. The molecule has 0 aromatic heterocycles. The highest BCUT2D eigenvalue weighted by Gasteiger charge is 2.20. The SMILES string of the molecule is O=C(CSc1ccc(F)cc1)N1CCc2ccccc2C1. The molecular formula is C17H16FNOS. The number of carbonyl (C=O) groups excluding carboxylic acids is 1. The van der Waals surface area contributed by atoms with Crippen LogP contribution in [0.1, 0.15) is 11.1 Å². The lowest BCUT2D eigenvalue weighted by Crippen LogP contribution is -2.37. The smallest absolute Gasteiger partial charge is 0.233 e. The molecule has 0 N–H and O–H groups in total. The molecule has 21 heavy (non-hydrogen) atoms. The molecule has 0 fully saturated rings. The molecule has 0 bridgehead atoms. The van der Waals surface area contributed by atoms with Crippen molar-refractivity contribution in [1.82, 2.24) is 4.90 Å². The van der Waals surface area contributed by atoms with Gasteiger partial charge in [-0.3, -0.25) is 4.79 Å². The molecule has 2 aromatic rings. The maximum Gasteiger partial charge on any atom is 0.233 e. The summed E-state index contributed by atoms with van der Waals surface area (Å²) in [5.41, 5.74) is 2.58. The molecule has 0 saturated heterocycles. The van der Waals surface area contributed by atoms with E-state index in [1.165, 1.54) is 35.0 Å². The minimum atomic E-state index is -0.252. The number of thioether (sulfide) groups is 1. The van der Waals surface area contributed by atoms with E-state index in [0.29, 0.717) is 12.3 Å². The predicted molar refractivity (Wildman–Crippen MR) is 82.7 cm³/mol. The van der Waals surface area contributed by atoms with E-state index < -0.39 is 0 Å². The van der Waals surface area contributed by atoms with Gasteiger partial charge in [0.15, 0.2) is 0 Å². The molecule has 0 unspecified atom stereocenters. The molecule has 2 nitrogen and oxygen atoms in total. The van der Waals surface area contributed by atoms with E-state index in [4.69, 9.17) is 0 Å². The Morgan fingerprint density at radius 1 is 1.10 bits per heavy atom. The Morgan fingerprint density at radius 2 is 1.81 bits per heavy atom. The zero-order valence-electron chi connectivity index (χ0n) is 11.6. The molecule has 1 amide bonds. The summed E-state index contributed by atoms with van der Waals surface area (Å²) in [6.45, 7) is 1.47. The van der Waals surface area contributed by atoms with Crippen LogP contribution in [0.3, 0.4) is 0 Å². The molecule has 1 aliphatic rings. The number of amides is 1. The van der Waals surface area contributed by atoms with Crippen LogP contribution in [-0.4, -0.2) is 23.1 Å². The summed E-state index contributed by atoms with van der Waals surface area (Å²) in [4.78, 5) is 15.1. The lowest BCUT2D eigenvalue weighted by Gasteiger charge is -2.28. The van der Waals surface area contributed by atoms with Gasteiger partial charge in [0.1, 0.15) is 5.82 Å². The third-order valence-electron chi connectivity index (χ3n) is 3.66. The highest BCUT2D eigenvalue weighted by atomic mass is 32.2. The first-order chi connectivity index (χ1) is 10.2. The number of carbonyl (C=O) groups is 1. The maximum atomic E-state index is 12.8. The van der Waals surface area contributed by atoms with Crippen molar-refractivity contribution < 1.29 is 9.18 Å². The van der Waals surface area contributed by atoms with Gasteiger partial charge in [-0.2, -0.15) is 0 Å². The lowest BCUT2D eigenvalue weighted by atomic mass is 10.00. The third-order valence-corrected chi connectivity index (χ3v) is 4.66. The van der Waals surface area contributed by atoms with Gasteiger partial charge >= 0.3 is 0 Å². The number of fused-ring (bicyclic) bond motifs is 1. The number of hydrogen-bond acceptors (Lipinski definition) is 2. The van der Waals surface area contributed by atoms with Crippen LogP contribution < -0.4 is 0 Å². The average molecular weight is 301 g/mol. The van der Waals surface area contributed by atoms with Crippen molar-refractivity contribution >= 4 is 17.7 Å². The van der Waals surface area contributed by atoms with E-state index in [0.717, 1.165) is 17.9 Å². The molecule has 0 radical (unpaired) electrons. The second-order valence-corrected chi connectivity index (χ2v) is 6.13. The van der Waals surface area contributed by atoms with Crippen LogP contribution in [0.2, 0.25) is 0 Å². The molecule has 0 aliphatic carbocycles. The van der Waals surface area contributed by atoms with Gasteiger partial charge in [0.25, 0.3) is 0 Å². The minimum Gasteiger partial charge on any atom is -0.337 e. The molecule has 3 rings (SSSR count). The quantitative estimate of drug-likeness (QED) is 0.809. The molecule has 2 aromatic carbocycles. The summed E-state index contributed by atoms with van der Waals surface area (Å²) in [5, 5.41) is 0. The van der Waals surface area contributed by atoms with Crippen molar-refractivity contribution in [3.63, 3.8) is 0 Å². The number of halogens is 1. The first-order valence-corrected chi connectivity index (χ1v) is 7.94. The Hall–Kier alpha value is -1.81. The van der Waals surface area contributed by atoms with Gasteiger partial charge in [0.05, 0.1) is 5.75 Å². The summed E-state index contributed by atoms with van der Waals surface area (Å²) < 4.78 is 12.8. The summed E-state index contributed by atoms with van der Waals surface area (Å²) in [5.74, 6) is 0.283. The van der Waals surface area contributed by atoms with E-state index in [-0.39, 0.29) is 11.7 Å². The molecular weight excluding hydrogens is 285 g/mol. The van der Waals surface area contributed by atoms with Gasteiger partial charge in [-0.15, -0.1) is 11.8 Å². The first kappa shape index (κ1) is 14.1. The Kier molecular flexibility index (Phi) is 4.25. The molecule has 108 valence electrons. The number of nitrogens with zero attached hydrogens (tertiary/aromatic N) is 1. The minimum absolute atomic E-state index is 0.138. The van der Waals surface area contributed by atoms with Crippen molar-refractivity contribution in [2.24, 2.45) is 0 Å². The van der Waals surface area contributed by atoms with Gasteiger partial charge in [-0.05, 0) is 41.8 Å². The maximum absolute atomic E-state index is 12.8. The summed E-state index contributed by atoms with van der Waals surface area (Å²) in [7, 11) is 0. The highest BCUT2D eigenvalue weighted by Crippen LogP contribution is 2.22. The van der Waals surface area contributed by atoms with Crippen molar-refractivity contribution in [2.75, 3.05) is 12.3 Å². The van der Waals surface area contributed by atoms with Crippen LogP contribution in [0.25, 0.3) is 0 Å². The van der Waals surface area contributed by atoms with Crippen LogP contribution in [0.4, 0.5) is 4.39 Å². The van der Waals surface area contributed by atoms with Gasteiger partial charge in [0.2, 0.25) is 5.91 Å². The van der Waals surface area contributed by atoms with Gasteiger partial charge in [0, 0.05) is 18.0 Å². The molecule has 0 saturated carbocycles. The van der Waals surface area contributed by atoms with Gasteiger partial charge in [-0.25, -0.2) is 4.39 Å². The van der Waals surface area contributed by atoms with Crippen molar-refractivity contribution in [1.29, 1.82) is 0 Å². The topological polar surface area (TPSA) is 20.3 Å². The highest BCUT2D eigenvalue weighted by molar-refractivity contribution is 8.00. The van der Waals surface area contributed by atoms with E-state index in [2.05, 4.69) is 12.1 Å². The van der Waals surface area contributed by atoms with E-state index in [9.17, 15) is 9.18 Å². The molecule has 0 spiro atoms. The zero-order valence-corrected chi connectivity index (χ0v) is 12.4. The summed E-state index contributed by atoms with van der Waals surface area (Å²) in [6, 6.07) is 14.5. The van der Waals surface area contributed by atoms with Crippen LogP contribution in [0.15, 0.2) is 53.4 Å². The Morgan fingerprint density at radius 3 is 2.57 bits per heavy atom. The van der Waals surface area contributed by atoms with Crippen LogP contribution >= 0.6 is 11.8 Å². The Balaban J connectivity index is 1.58. The van der Waals surface area contributed by atoms with E-state index >= 15 is 0 Å². The second kappa shape index (κ2) is 6.31. The van der Waals surface area contributed by atoms with E-state index in [1.807, 2.05) is 17.0 Å². The number of benzene rings is 2. The average Bonchev–Trinajstić information content (AvgIpc) is 2.53. The second-order valence-electron chi connectivity index (χ2n) is 5.08. The summed E-state index contributed by atoms with van der Waals surface area (Å²) in [6.07, 6.45) is 0.920. The summed E-state index contributed by atoms with van der Waals surface area (Å²) >= 11 is 1.45. The zero-order chi connectivity index (χ0) is 14.7. The first-order valence-electron chi connectivity index (χ1n) is 6.95. The molecule has 1 aliphatic heterocycles. The van der Waals surface area contributed by atoms with Crippen molar-refractivity contribution in [2.45, 2.75) is 17.9 Å². The van der Waals surface area contributed by atoms with Crippen molar-refractivity contribution in [3.8, 4) is 0 Å². The van der Waals surface area contributed by atoms with Crippen LogP contribution in [0.5, 0.6) is 0 Å². The lowest BCUT2D eigenvalue weighted by molar-refractivity contribution is -0.129. The van der Waals surface area contributed by atoms with Gasteiger partial charge in [-0.1, -0.05) is 24.3 Å². The molecule has 4 heteroatoms. The molecule has 1 heterocycles. The standard InChI is InChI=1S/C17H16FNOS/c18-15-5-7-16(8-6-15)21-12-17(20)19-10-9-13-3-1-2-4-14(13)11-19/h1-8H,9-12H2. The Labute approximate surface area is 128 Å². The van der Waals surface area contributed by atoms with Crippen LogP contribution in [0, 0.1) is 5.82 Å². The predicted octanol–water partition coefficient (Wildman–Crippen LogP) is 3.50. The fourth-order valence-electron chi connectivity index (χ4n) is 2.48. The van der Waals surface area contributed by atoms with Crippen LogP contribution in [-0.2, 0) is 17.8 Å². The Bertz CT molecular complexity index is 641. The molecule has 0 atom stereocenters. The van der Waals surface area contributed by atoms with E-state index in [1.54, 1.807) is 12.1 Å². The fourth-order valence-corrected chi connectivity index (χ4v) is 3.28. The number of hydrogen-bond donors (Lipinski definition) is 0. The fraction of sp³-hybridized carbons (Fsp3) is 0.235. The third kappa shape index (κ3) is 3.45. The monoisotopic (exact) mass is 301 g/mol. The normalized spacial score (nSPS) is 13.9. The van der Waals surface area contributed by atoms with Crippen molar-refractivity contribution in [3.05, 3.63) is 65.5 Å².